The Labute approximate surface area is 93.1 Å². The Morgan fingerprint density at radius 2 is 2.20 bits per heavy atom. The van der Waals surface area contributed by atoms with E-state index in [2.05, 4.69) is 10.3 Å². The van der Waals surface area contributed by atoms with Crippen molar-refractivity contribution in [3.05, 3.63) is 29.8 Å². The van der Waals surface area contributed by atoms with Crippen molar-refractivity contribution in [3.8, 4) is 0 Å². The summed E-state index contributed by atoms with van der Waals surface area (Å²) in [5.74, 6) is 0.229. The molecule has 0 saturated carbocycles. The van der Waals surface area contributed by atoms with Gasteiger partial charge in [-0.2, -0.15) is 0 Å². The van der Waals surface area contributed by atoms with Crippen molar-refractivity contribution >= 4 is 29.0 Å². The summed E-state index contributed by atoms with van der Waals surface area (Å²) >= 11 is 5.51. The summed E-state index contributed by atoms with van der Waals surface area (Å²) in [6.07, 6.45) is 0. The van der Waals surface area contributed by atoms with Gasteiger partial charge in [0.2, 0.25) is 0 Å². The van der Waals surface area contributed by atoms with Crippen LogP contribution in [-0.4, -0.2) is 24.7 Å². The zero-order chi connectivity index (χ0) is 11.3. The summed E-state index contributed by atoms with van der Waals surface area (Å²) < 4.78 is 0. The average Bonchev–Trinajstić information content (AvgIpc) is 2.28. The van der Waals surface area contributed by atoms with Gasteiger partial charge in [0.05, 0.1) is 17.1 Å². The second-order valence-corrected chi connectivity index (χ2v) is 3.10. The lowest BCUT2D eigenvalue weighted by atomic mass is 10.1. The standard InChI is InChI=1S/C10H12ClN3O/c1-13-10(15)7-4-2-3-5-8(7)14-9(12)6-11/h2-5H,6H2,1H3,(H2,12,14)(H,13,15). The Morgan fingerprint density at radius 1 is 1.53 bits per heavy atom. The third-order valence-electron chi connectivity index (χ3n) is 1.78. The molecule has 1 amide bonds. The molecule has 0 radical (unpaired) electrons. The van der Waals surface area contributed by atoms with Crippen molar-refractivity contribution in [2.75, 3.05) is 12.9 Å². The highest BCUT2D eigenvalue weighted by Crippen LogP contribution is 2.18. The smallest absolute Gasteiger partial charge is 0.253 e. The molecule has 0 fully saturated rings. The van der Waals surface area contributed by atoms with E-state index in [4.69, 9.17) is 17.3 Å². The van der Waals surface area contributed by atoms with E-state index in [0.717, 1.165) is 0 Å². The minimum Gasteiger partial charge on any atom is -0.386 e. The molecule has 0 saturated heterocycles. The molecule has 0 aliphatic heterocycles. The lowest BCUT2D eigenvalue weighted by Gasteiger charge is -2.04. The molecule has 1 aromatic carbocycles. The SMILES string of the molecule is CNC(=O)c1ccccc1N=C(N)CCl. The third-order valence-corrected chi connectivity index (χ3v) is 2.05. The number of nitrogens with two attached hydrogens (primary N) is 1. The normalized spacial score (nSPS) is 11.2. The van der Waals surface area contributed by atoms with Gasteiger partial charge < -0.3 is 11.1 Å². The lowest BCUT2D eigenvalue weighted by Crippen LogP contribution is -2.18. The van der Waals surface area contributed by atoms with Crippen LogP contribution in [0, 0.1) is 0 Å². The minimum atomic E-state index is -0.197. The molecule has 5 heteroatoms. The van der Waals surface area contributed by atoms with Gasteiger partial charge in [-0.25, -0.2) is 4.99 Å². The van der Waals surface area contributed by atoms with Crippen LogP contribution in [0.2, 0.25) is 0 Å². The topological polar surface area (TPSA) is 67.5 Å². The maximum absolute atomic E-state index is 11.4. The molecule has 0 spiro atoms. The highest BCUT2D eigenvalue weighted by Gasteiger charge is 2.08. The van der Waals surface area contributed by atoms with Gasteiger partial charge in [-0.3, -0.25) is 4.79 Å². The molecule has 0 atom stereocenters. The van der Waals surface area contributed by atoms with Crippen LogP contribution in [0.4, 0.5) is 5.69 Å². The zero-order valence-corrected chi connectivity index (χ0v) is 9.08. The molecule has 1 rings (SSSR count). The van der Waals surface area contributed by atoms with Crippen molar-refractivity contribution in [1.82, 2.24) is 5.32 Å². The Kier molecular flexibility index (Phi) is 4.12. The molecule has 3 N–H and O–H groups in total. The summed E-state index contributed by atoms with van der Waals surface area (Å²) in [4.78, 5) is 15.5. The van der Waals surface area contributed by atoms with Gasteiger partial charge in [0.25, 0.3) is 5.91 Å². The predicted molar refractivity (Wildman–Crippen MR) is 61.8 cm³/mol. The van der Waals surface area contributed by atoms with Crippen LogP contribution in [0.25, 0.3) is 0 Å². The number of amides is 1. The predicted octanol–water partition coefficient (Wildman–Crippen LogP) is 1.27. The number of rotatable bonds is 3. The number of alkyl halides is 1. The van der Waals surface area contributed by atoms with E-state index in [1.807, 2.05) is 0 Å². The molecule has 0 aliphatic rings. The van der Waals surface area contributed by atoms with Crippen molar-refractivity contribution in [2.45, 2.75) is 0 Å². The highest BCUT2D eigenvalue weighted by molar-refractivity contribution is 6.28. The first-order valence-electron chi connectivity index (χ1n) is 4.39. The Balaban J connectivity index is 3.12. The summed E-state index contributed by atoms with van der Waals surface area (Å²) in [5, 5.41) is 2.53. The van der Waals surface area contributed by atoms with Crippen molar-refractivity contribution in [3.63, 3.8) is 0 Å². The molecule has 0 heterocycles. The van der Waals surface area contributed by atoms with Crippen LogP contribution < -0.4 is 11.1 Å². The number of halogens is 1. The molecule has 4 nitrogen and oxygen atoms in total. The van der Waals surface area contributed by atoms with Crippen LogP contribution in [0.15, 0.2) is 29.3 Å². The van der Waals surface area contributed by atoms with E-state index in [1.54, 1.807) is 31.3 Å². The average molecular weight is 226 g/mol. The Hall–Kier alpha value is -1.55. The van der Waals surface area contributed by atoms with E-state index in [9.17, 15) is 4.79 Å². The Bertz CT molecular complexity index is 390. The number of carbonyl (C=O) groups is 1. The first-order valence-corrected chi connectivity index (χ1v) is 4.92. The fraction of sp³-hybridized carbons (Fsp3) is 0.200. The van der Waals surface area contributed by atoms with Gasteiger partial charge in [-0.15, -0.1) is 11.6 Å². The molecule has 0 aromatic heterocycles. The monoisotopic (exact) mass is 225 g/mol. The number of carbonyl (C=O) groups excluding carboxylic acids is 1. The fourth-order valence-corrected chi connectivity index (χ4v) is 1.14. The number of hydrogen-bond acceptors (Lipinski definition) is 2. The van der Waals surface area contributed by atoms with E-state index in [1.165, 1.54) is 0 Å². The van der Waals surface area contributed by atoms with Gasteiger partial charge in [0.15, 0.2) is 0 Å². The third kappa shape index (κ3) is 2.95. The lowest BCUT2D eigenvalue weighted by molar-refractivity contribution is 0.0964. The van der Waals surface area contributed by atoms with Gasteiger partial charge >= 0.3 is 0 Å². The fourth-order valence-electron chi connectivity index (χ4n) is 1.08. The van der Waals surface area contributed by atoms with Crippen molar-refractivity contribution in [2.24, 2.45) is 10.7 Å². The van der Waals surface area contributed by atoms with Crippen molar-refractivity contribution in [1.29, 1.82) is 0 Å². The van der Waals surface area contributed by atoms with Crippen LogP contribution in [0.1, 0.15) is 10.4 Å². The molecule has 0 unspecified atom stereocenters. The zero-order valence-electron chi connectivity index (χ0n) is 8.33. The second kappa shape index (κ2) is 5.36. The largest absolute Gasteiger partial charge is 0.386 e. The minimum absolute atomic E-state index is 0.141. The number of amidine groups is 1. The van der Waals surface area contributed by atoms with Crippen LogP contribution in [0.3, 0.4) is 0 Å². The first kappa shape index (κ1) is 11.5. The van der Waals surface area contributed by atoms with Gasteiger partial charge in [-0.1, -0.05) is 12.1 Å². The number of nitrogens with one attached hydrogen (secondary N) is 1. The summed E-state index contributed by atoms with van der Waals surface area (Å²) in [5.41, 5.74) is 6.50. The number of para-hydroxylation sites is 1. The molecule has 15 heavy (non-hydrogen) atoms. The first-order chi connectivity index (χ1) is 7.19. The van der Waals surface area contributed by atoms with Crippen LogP contribution >= 0.6 is 11.6 Å². The van der Waals surface area contributed by atoms with Crippen LogP contribution in [-0.2, 0) is 0 Å². The molecule has 1 aromatic rings. The maximum atomic E-state index is 11.4. The van der Waals surface area contributed by atoms with Crippen LogP contribution in [0.5, 0.6) is 0 Å². The number of aliphatic imine (C=N–C) groups is 1. The van der Waals surface area contributed by atoms with Gasteiger partial charge in [-0.05, 0) is 12.1 Å². The number of benzene rings is 1. The second-order valence-electron chi connectivity index (χ2n) is 2.83. The molecule has 0 aliphatic carbocycles. The highest BCUT2D eigenvalue weighted by atomic mass is 35.5. The molecule has 0 bridgehead atoms. The van der Waals surface area contributed by atoms with Crippen molar-refractivity contribution < 1.29 is 4.79 Å². The quantitative estimate of drug-likeness (QED) is 0.462. The van der Waals surface area contributed by atoms with Gasteiger partial charge in [0.1, 0.15) is 5.84 Å². The maximum Gasteiger partial charge on any atom is 0.253 e. The number of nitrogens with zero attached hydrogens (tertiary/aromatic N) is 1. The molecule has 80 valence electrons. The molecular weight excluding hydrogens is 214 g/mol. The van der Waals surface area contributed by atoms with E-state index in [-0.39, 0.29) is 17.6 Å². The van der Waals surface area contributed by atoms with E-state index >= 15 is 0 Å². The van der Waals surface area contributed by atoms with E-state index in [0.29, 0.717) is 11.3 Å². The summed E-state index contributed by atoms with van der Waals surface area (Å²) in [7, 11) is 1.56. The number of hydrogen-bond donors (Lipinski definition) is 2. The van der Waals surface area contributed by atoms with E-state index < -0.39 is 0 Å². The van der Waals surface area contributed by atoms with Gasteiger partial charge in [0, 0.05) is 7.05 Å². The molecular formula is C10H12ClN3O. The summed E-state index contributed by atoms with van der Waals surface area (Å²) in [6.45, 7) is 0. The summed E-state index contributed by atoms with van der Waals surface area (Å²) in [6, 6.07) is 6.94. The Morgan fingerprint density at radius 3 is 2.80 bits per heavy atom.